The lowest BCUT2D eigenvalue weighted by Gasteiger charge is -2.00. The molecule has 0 saturated carbocycles. The molecule has 2 aromatic rings. The Bertz CT molecular complexity index is 683. The van der Waals surface area contributed by atoms with Crippen LogP contribution in [0.3, 0.4) is 0 Å². The van der Waals surface area contributed by atoms with Gasteiger partial charge in [-0.05, 0) is 0 Å². The van der Waals surface area contributed by atoms with Crippen molar-refractivity contribution in [3.05, 3.63) is 36.2 Å². The van der Waals surface area contributed by atoms with Gasteiger partial charge in [0.25, 0.3) is 0 Å². The molecular formula is C12H11N5O2. The van der Waals surface area contributed by atoms with E-state index in [-0.39, 0.29) is 24.4 Å². The van der Waals surface area contributed by atoms with Crippen LogP contribution in [0.2, 0.25) is 0 Å². The summed E-state index contributed by atoms with van der Waals surface area (Å²) < 4.78 is 6.29. The second kappa shape index (κ2) is 5.18. The van der Waals surface area contributed by atoms with Crippen LogP contribution in [0.4, 0.5) is 5.82 Å². The minimum absolute atomic E-state index is 0.0377. The Morgan fingerprint density at radius 3 is 3.16 bits per heavy atom. The fourth-order valence-electron chi connectivity index (χ4n) is 1.58. The monoisotopic (exact) mass is 257 g/mol. The maximum absolute atomic E-state index is 11.8. The third-order valence-corrected chi connectivity index (χ3v) is 2.37. The Morgan fingerprint density at radius 2 is 2.47 bits per heavy atom. The van der Waals surface area contributed by atoms with Gasteiger partial charge in [-0.15, -0.1) is 5.10 Å². The smallest absolute Gasteiger partial charge is 0.346 e. The van der Waals surface area contributed by atoms with Crippen molar-refractivity contribution in [3.8, 4) is 6.07 Å². The van der Waals surface area contributed by atoms with Crippen LogP contribution in [-0.2, 0) is 11.2 Å². The molecule has 2 heterocycles. The summed E-state index contributed by atoms with van der Waals surface area (Å²) in [6.45, 7) is 3.54. The first-order valence-electron chi connectivity index (χ1n) is 5.45. The summed E-state index contributed by atoms with van der Waals surface area (Å²) in [5, 5.41) is 12.6. The van der Waals surface area contributed by atoms with Gasteiger partial charge in [0.2, 0.25) is 0 Å². The molecule has 0 saturated heterocycles. The lowest BCUT2D eigenvalue weighted by molar-refractivity contribution is 0.0553. The van der Waals surface area contributed by atoms with Crippen LogP contribution in [0.25, 0.3) is 5.65 Å². The summed E-state index contributed by atoms with van der Waals surface area (Å²) in [6.07, 6.45) is 4.77. The maximum Gasteiger partial charge on any atom is 0.346 e. The number of hydrogen-bond acceptors (Lipinski definition) is 6. The predicted octanol–water partition coefficient (Wildman–Crippen LogP) is 0.720. The number of hydrogen-bond donors (Lipinski definition) is 1. The molecule has 0 spiro atoms. The van der Waals surface area contributed by atoms with E-state index in [0.29, 0.717) is 11.2 Å². The van der Waals surface area contributed by atoms with Crippen molar-refractivity contribution in [1.29, 1.82) is 5.26 Å². The molecule has 7 heteroatoms. The summed E-state index contributed by atoms with van der Waals surface area (Å²) in [5.74, 6) is -0.566. The lowest BCUT2D eigenvalue weighted by Crippen LogP contribution is -2.07. The van der Waals surface area contributed by atoms with Crippen LogP contribution in [-0.4, -0.2) is 27.2 Å². The van der Waals surface area contributed by atoms with Crippen LogP contribution in [0.15, 0.2) is 25.0 Å². The van der Waals surface area contributed by atoms with E-state index in [0.717, 1.165) is 0 Å². The first kappa shape index (κ1) is 12.6. The number of nitrogens with zero attached hydrogens (tertiary/aromatic N) is 4. The average molecular weight is 257 g/mol. The van der Waals surface area contributed by atoms with E-state index in [1.165, 1.54) is 16.8 Å². The highest BCUT2D eigenvalue weighted by Crippen LogP contribution is 2.17. The first-order chi connectivity index (χ1) is 9.17. The normalized spacial score (nSPS) is 10.1. The second-order valence-electron chi connectivity index (χ2n) is 3.71. The molecule has 0 fully saturated rings. The van der Waals surface area contributed by atoms with Crippen molar-refractivity contribution in [1.82, 2.24) is 14.6 Å². The number of carbonyl (C=O) groups excluding carboxylic acids is 1. The standard InChI is InChI=1S/C12H11N5O2/c1-2-5-19-12(18)9-10(14)16-17-7-8(3-4-13)6-15-11(9)17/h2,6-7H,1,3,5H2,(H2,14,16). The predicted molar refractivity (Wildman–Crippen MR) is 67.2 cm³/mol. The molecule has 2 rings (SSSR count). The zero-order valence-corrected chi connectivity index (χ0v) is 10.0. The van der Waals surface area contributed by atoms with Gasteiger partial charge in [-0.25, -0.2) is 14.3 Å². The van der Waals surface area contributed by atoms with E-state index in [1.54, 1.807) is 6.20 Å². The SMILES string of the molecule is C=CCOC(=O)c1c(N)nn2cc(CC#N)cnc12. The van der Waals surface area contributed by atoms with Gasteiger partial charge in [0.1, 0.15) is 12.2 Å². The van der Waals surface area contributed by atoms with Gasteiger partial charge in [0, 0.05) is 18.0 Å². The average Bonchev–Trinajstić information content (AvgIpc) is 2.71. The van der Waals surface area contributed by atoms with Crippen LogP contribution in [0, 0.1) is 11.3 Å². The Labute approximate surface area is 108 Å². The van der Waals surface area contributed by atoms with Gasteiger partial charge in [-0.1, -0.05) is 12.7 Å². The Morgan fingerprint density at radius 1 is 1.68 bits per heavy atom. The Hall–Kier alpha value is -2.88. The number of rotatable bonds is 4. The van der Waals surface area contributed by atoms with Crippen LogP contribution in [0.1, 0.15) is 15.9 Å². The van der Waals surface area contributed by atoms with Crippen molar-refractivity contribution in [2.24, 2.45) is 0 Å². The van der Waals surface area contributed by atoms with Gasteiger partial charge in [0.15, 0.2) is 11.5 Å². The molecule has 0 aliphatic heterocycles. The van der Waals surface area contributed by atoms with E-state index in [9.17, 15) is 4.79 Å². The molecule has 0 aliphatic rings. The number of carbonyl (C=O) groups is 1. The topological polar surface area (TPSA) is 106 Å². The van der Waals surface area contributed by atoms with Crippen LogP contribution < -0.4 is 5.73 Å². The number of fused-ring (bicyclic) bond motifs is 1. The number of aromatic nitrogens is 3. The molecule has 0 amide bonds. The molecule has 7 nitrogen and oxygen atoms in total. The second-order valence-corrected chi connectivity index (χ2v) is 3.71. The number of nitrogens with two attached hydrogens (primary N) is 1. The van der Waals surface area contributed by atoms with E-state index in [1.807, 2.05) is 6.07 Å². The van der Waals surface area contributed by atoms with Gasteiger partial charge in [-0.2, -0.15) is 5.26 Å². The van der Waals surface area contributed by atoms with E-state index >= 15 is 0 Å². The third-order valence-electron chi connectivity index (χ3n) is 2.37. The number of nitriles is 1. The minimum Gasteiger partial charge on any atom is -0.458 e. The molecule has 0 bridgehead atoms. The third kappa shape index (κ3) is 2.37. The van der Waals surface area contributed by atoms with E-state index in [4.69, 9.17) is 15.7 Å². The summed E-state index contributed by atoms with van der Waals surface area (Å²) >= 11 is 0. The summed E-state index contributed by atoms with van der Waals surface area (Å²) in [7, 11) is 0. The minimum atomic E-state index is -0.604. The highest BCUT2D eigenvalue weighted by atomic mass is 16.5. The molecule has 0 radical (unpaired) electrons. The van der Waals surface area contributed by atoms with Crippen molar-refractivity contribution in [2.75, 3.05) is 12.3 Å². The number of anilines is 1. The highest BCUT2D eigenvalue weighted by molar-refractivity contribution is 6.00. The van der Waals surface area contributed by atoms with Crippen LogP contribution >= 0.6 is 0 Å². The largest absolute Gasteiger partial charge is 0.458 e. The molecule has 2 aromatic heterocycles. The number of ether oxygens (including phenoxy) is 1. The first-order valence-corrected chi connectivity index (χ1v) is 5.45. The van der Waals surface area contributed by atoms with Crippen molar-refractivity contribution >= 4 is 17.4 Å². The summed E-state index contributed by atoms with van der Waals surface area (Å²) in [4.78, 5) is 15.9. The van der Waals surface area contributed by atoms with Gasteiger partial charge < -0.3 is 10.5 Å². The Kier molecular flexibility index (Phi) is 3.43. The zero-order chi connectivity index (χ0) is 13.8. The maximum atomic E-state index is 11.8. The molecule has 0 aromatic carbocycles. The van der Waals surface area contributed by atoms with E-state index in [2.05, 4.69) is 16.7 Å². The zero-order valence-electron chi connectivity index (χ0n) is 10.0. The van der Waals surface area contributed by atoms with Gasteiger partial charge in [0.05, 0.1) is 12.5 Å². The van der Waals surface area contributed by atoms with E-state index < -0.39 is 5.97 Å². The van der Waals surface area contributed by atoms with Crippen LogP contribution in [0.5, 0.6) is 0 Å². The van der Waals surface area contributed by atoms with Crippen molar-refractivity contribution in [2.45, 2.75) is 6.42 Å². The fourth-order valence-corrected chi connectivity index (χ4v) is 1.58. The summed E-state index contributed by atoms with van der Waals surface area (Å²) in [6, 6.07) is 2.01. The molecular weight excluding hydrogens is 246 g/mol. The lowest BCUT2D eigenvalue weighted by atomic mass is 10.2. The number of nitrogen functional groups attached to an aromatic ring is 1. The molecule has 0 atom stereocenters. The molecule has 0 aliphatic carbocycles. The fraction of sp³-hybridized carbons (Fsp3) is 0.167. The molecule has 0 unspecified atom stereocenters. The Balaban J connectivity index is 2.45. The highest BCUT2D eigenvalue weighted by Gasteiger charge is 2.20. The van der Waals surface area contributed by atoms with Gasteiger partial charge >= 0.3 is 5.97 Å². The van der Waals surface area contributed by atoms with Gasteiger partial charge in [-0.3, -0.25) is 0 Å². The quantitative estimate of drug-likeness (QED) is 0.639. The molecule has 96 valence electrons. The molecule has 2 N–H and O–H groups in total. The number of esters is 1. The van der Waals surface area contributed by atoms with Crippen molar-refractivity contribution in [3.63, 3.8) is 0 Å². The molecule has 19 heavy (non-hydrogen) atoms. The summed E-state index contributed by atoms with van der Waals surface area (Å²) in [5.41, 5.74) is 6.79. The van der Waals surface area contributed by atoms with Crippen molar-refractivity contribution < 1.29 is 9.53 Å².